The number of aromatic amines is 1. The monoisotopic (exact) mass is 321 g/mol. The van der Waals surface area contributed by atoms with Crippen LogP contribution in [0.15, 0.2) is 34.2 Å². The first kappa shape index (κ1) is 14.2. The van der Waals surface area contributed by atoms with Crippen LogP contribution in [0, 0.1) is 0 Å². The second-order valence-corrected chi connectivity index (χ2v) is 5.93. The molecule has 2 N–H and O–H groups in total. The van der Waals surface area contributed by atoms with Gasteiger partial charge in [-0.15, -0.1) is 0 Å². The molecule has 0 saturated carbocycles. The van der Waals surface area contributed by atoms with E-state index in [1.54, 1.807) is 12.1 Å². The van der Waals surface area contributed by atoms with E-state index in [2.05, 4.69) is 15.3 Å². The highest BCUT2D eigenvalue weighted by Gasteiger charge is 2.30. The summed E-state index contributed by atoms with van der Waals surface area (Å²) in [7, 11) is 0. The zero-order chi connectivity index (χ0) is 15.0. The molecule has 1 aliphatic rings. The number of H-pyrrole nitrogens is 1. The van der Waals surface area contributed by atoms with Gasteiger partial charge in [-0.2, -0.15) is 0 Å². The van der Waals surface area contributed by atoms with Gasteiger partial charge < -0.3 is 10.3 Å². The molecule has 0 bridgehead atoms. The second-order valence-electron chi connectivity index (χ2n) is 4.69. The van der Waals surface area contributed by atoms with E-state index in [-0.39, 0.29) is 23.8 Å². The second kappa shape index (κ2) is 5.54. The number of hydrogen-bond acceptors (Lipinski definition) is 4. The summed E-state index contributed by atoms with van der Waals surface area (Å²) >= 11 is 7.21. The smallest absolute Gasteiger partial charge is 0.257 e. The third-order valence-electron chi connectivity index (χ3n) is 3.40. The average Bonchev–Trinajstić information content (AvgIpc) is 2.46. The zero-order valence-corrected chi connectivity index (χ0v) is 12.7. The van der Waals surface area contributed by atoms with Crippen molar-refractivity contribution in [2.24, 2.45) is 0 Å². The van der Waals surface area contributed by atoms with Gasteiger partial charge >= 0.3 is 0 Å². The van der Waals surface area contributed by atoms with E-state index in [0.717, 1.165) is 5.56 Å². The standard InChI is InChI=1S/C14H12ClN3O2S/c1-21-14-17-12-11(13(20)18-14)9(6-10(19)16-12)7-2-4-8(15)5-3-7/h2-5,9H,6H2,1H3,(H2,16,17,18,19,20)/t9-/m0/s1. The maximum atomic E-state index is 12.3. The molecular formula is C14H12ClN3O2S. The van der Waals surface area contributed by atoms with E-state index < -0.39 is 0 Å². The van der Waals surface area contributed by atoms with Gasteiger partial charge in [0, 0.05) is 17.4 Å². The quantitative estimate of drug-likeness (QED) is 0.658. The van der Waals surface area contributed by atoms with E-state index in [4.69, 9.17) is 11.6 Å². The highest BCUT2D eigenvalue weighted by molar-refractivity contribution is 7.98. The Morgan fingerprint density at radius 1 is 1.29 bits per heavy atom. The third kappa shape index (κ3) is 2.69. The minimum Gasteiger partial charge on any atom is -0.310 e. The van der Waals surface area contributed by atoms with Crippen molar-refractivity contribution in [3.8, 4) is 0 Å². The lowest BCUT2D eigenvalue weighted by Gasteiger charge is -2.24. The number of carbonyl (C=O) groups is 1. The number of carbonyl (C=O) groups excluding carboxylic acids is 1. The van der Waals surface area contributed by atoms with Crippen molar-refractivity contribution in [2.75, 3.05) is 11.6 Å². The Hall–Kier alpha value is -1.79. The number of amides is 1. The molecule has 0 aliphatic carbocycles. The SMILES string of the molecule is CSc1nc2c(c(=O)[nH]1)[C@H](c1ccc(Cl)cc1)CC(=O)N2. The fourth-order valence-electron chi connectivity index (χ4n) is 2.43. The number of benzene rings is 1. The average molecular weight is 322 g/mol. The van der Waals surface area contributed by atoms with Crippen molar-refractivity contribution in [3.05, 3.63) is 50.8 Å². The van der Waals surface area contributed by atoms with Crippen LogP contribution in [-0.2, 0) is 4.79 Å². The molecule has 3 rings (SSSR count). The van der Waals surface area contributed by atoms with Crippen molar-refractivity contribution in [1.29, 1.82) is 0 Å². The highest BCUT2D eigenvalue weighted by Crippen LogP contribution is 2.34. The number of fused-ring (bicyclic) bond motifs is 1. The third-order valence-corrected chi connectivity index (χ3v) is 4.23. The summed E-state index contributed by atoms with van der Waals surface area (Å²) < 4.78 is 0. The number of thioether (sulfide) groups is 1. The van der Waals surface area contributed by atoms with Gasteiger partial charge in [-0.1, -0.05) is 35.5 Å². The van der Waals surface area contributed by atoms with Crippen LogP contribution in [0.4, 0.5) is 5.82 Å². The van der Waals surface area contributed by atoms with Gasteiger partial charge in [0.05, 0.1) is 5.56 Å². The first-order chi connectivity index (χ1) is 10.1. The fourth-order valence-corrected chi connectivity index (χ4v) is 2.93. The van der Waals surface area contributed by atoms with Crippen molar-refractivity contribution < 1.29 is 4.79 Å². The maximum absolute atomic E-state index is 12.3. The molecule has 21 heavy (non-hydrogen) atoms. The van der Waals surface area contributed by atoms with Gasteiger partial charge in [0.15, 0.2) is 5.16 Å². The minimum atomic E-state index is -0.307. The number of aromatic nitrogens is 2. The van der Waals surface area contributed by atoms with Crippen molar-refractivity contribution in [3.63, 3.8) is 0 Å². The Morgan fingerprint density at radius 2 is 2.00 bits per heavy atom. The summed E-state index contributed by atoms with van der Waals surface area (Å²) in [5.41, 5.74) is 1.15. The molecule has 0 spiro atoms. The van der Waals surface area contributed by atoms with E-state index in [0.29, 0.717) is 21.6 Å². The highest BCUT2D eigenvalue weighted by atomic mass is 35.5. The molecular weight excluding hydrogens is 310 g/mol. The number of nitrogens with one attached hydrogen (secondary N) is 2. The lowest BCUT2D eigenvalue weighted by Crippen LogP contribution is -2.31. The fraction of sp³-hybridized carbons (Fsp3) is 0.214. The Bertz CT molecular complexity index is 758. The van der Waals surface area contributed by atoms with Gasteiger partial charge in [0.1, 0.15) is 5.82 Å². The van der Waals surface area contributed by atoms with E-state index >= 15 is 0 Å². The molecule has 5 nitrogen and oxygen atoms in total. The Morgan fingerprint density at radius 3 is 2.67 bits per heavy atom. The Labute approximate surface area is 130 Å². The van der Waals surface area contributed by atoms with Crippen LogP contribution in [-0.4, -0.2) is 22.1 Å². The lowest BCUT2D eigenvalue weighted by molar-refractivity contribution is -0.116. The topological polar surface area (TPSA) is 74.8 Å². The van der Waals surface area contributed by atoms with Crippen molar-refractivity contribution in [2.45, 2.75) is 17.5 Å². The van der Waals surface area contributed by atoms with Crippen molar-refractivity contribution >= 4 is 35.1 Å². The number of nitrogens with zero attached hydrogens (tertiary/aromatic N) is 1. The molecule has 0 unspecified atom stereocenters. The molecule has 1 amide bonds. The Balaban J connectivity index is 2.15. The molecule has 2 heterocycles. The van der Waals surface area contributed by atoms with Crippen LogP contribution >= 0.6 is 23.4 Å². The summed E-state index contributed by atoms with van der Waals surface area (Å²) in [5, 5.41) is 3.77. The van der Waals surface area contributed by atoms with Crippen LogP contribution in [0.2, 0.25) is 5.02 Å². The zero-order valence-electron chi connectivity index (χ0n) is 11.1. The summed E-state index contributed by atoms with van der Waals surface area (Å²) in [6.45, 7) is 0. The van der Waals surface area contributed by atoms with E-state index in [1.165, 1.54) is 11.8 Å². The Kier molecular flexibility index (Phi) is 3.73. The van der Waals surface area contributed by atoms with Gasteiger partial charge in [-0.3, -0.25) is 9.59 Å². The number of hydrogen-bond donors (Lipinski definition) is 2. The van der Waals surface area contributed by atoms with Gasteiger partial charge in [-0.25, -0.2) is 4.98 Å². The largest absolute Gasteiger partial charge is 0.310 e. The molecule has 0 saturated heterocycles. The van der Waals surface area contributed by atoms with Crippen LogP contribution in [0.5, 0.6) is 0 Å². The summed E-state index contributed by atoms with van der Waals surface area (Å²) in [5.74, 6) is -0.106. The summed E-state index contributed by atoms with van der Waals surface area (Å²) in [6, 6.07) is 7.16. The van der Waals surface area contributed by atoms with Gasteiger partial charge in [-0.05, 0) is 24.0 Å². The van der Waals surface area contributed by atoms with Crippen LogP contribution in [0.25, 0.3) is 0 Å². The first-order valence-electron chi connectivity index (χ1n) is 6.32. The lowest BCUT2D eigenvalue weighted by atomic mass is 9.87. The van der Waals surface area contributed by atoms with Crippen LogP contribution in [0.1, 0.15) is 23.5 Å². The van der Waals surface area contributed by atoms with E-state index in [9.17, 15) is 9.59 Å². The normalized spacial score (nSPS) is 17.2. The molecule has 7 heteroatoms. The van der Waals surface area contributed by atoms with Gasteiger partial charge in [0.25, 0.3) is 5.56 Å². The van der Waals surface area contributed by atoms with Crippen LogP contribution < -0.4 is 10.9 Å². The number of rotatable bonds is 2. The summed E-state index contributed by atoms with van der Waals surface area (Å²) in [4.78, 5) is 31.2. The molecule has 0 fully saturated rings. The summed E-state index contributed by atoms with van der Waals surface area (Å²) in [6.07, 6.45) is 2.03. The molecule has 1 aromatic heterocycles. The first-order valence-corrected chi connectivity index (χ1v) is 7.92. The minimum absolute atomic E-state index is 0.146. The van der Waals surface area contributed by atoms with Crippen molar-refractivity contribution in [1.82, 2.24) is 9.97 Å². The molecule has 1 atom stereocenters. The number of anilines is 1. The molecule has 0 radical (unpaired) electrons. The molecule has 1 aliphatic heterocycles. The molecule has 2 aromatic rings. The van der Waals surface area contributed by atoms with E-state index in [1.807, 2.05) is 18.4 Å². The van der Waals surface area contributed by atoms with Gasteiger partial charge in [0.2, 0.25) is 5.91 Å². The van der Waals surface area contributed by atoms with Crippen LogP contribution in [0.3, 0.4) is 0 Å². The predicted molar refractivity (Wildman–Crippen MR) is 83.2 cm³/mol. The molecule has 108 valence electrons. The predicted octanol–water partition coefficient (Wildman–Crippen LogP) is 2.62. The molecule has 1 aromatic carbocycles. The number of halogens is 1. The maximum Gasteiger partial charge on any atom is 0.257 e.